The Morgan fingerprint density at radius 2 is 1.38 bits per heavy atom. The van der Waals surface area contributed by atoms with Gasteiger partial charge in [0, 0.05) is 0 Å². The van der Waals surface area contributed by atoms with Crippen molar-refractivity contribution < 1.29 is 9.59 Å². The molecule has 10 heteroatoms. The molecule has 2 aliphatic carbocycles. The number of hydrogen-bond donors (Lipinski definition) is 0. The normalized spacial score (nSPS) is 37.3. The van der Waals surface area contributed by atoms with Gasteiger partial charge in [-0.2, -0.15) is 5.26 Å². The molecule has 1 aromatic rings. The highest BCUT2D eigenvalue weighted by Gasteiger charge is 2.87. The van der Waals surface area contributed by atoms with Crippen molar-refractivity contribution in [2.75, 3.05) is 4.90 Å². The monoisotopic (exact) mass is 468 g/mol. The van der Waals surface area contributed by atoms with E-state index in [1.165, 1.54) is 12.1 Å². The van der Waals surface area contributed by atoms with Crippen molar-refractivity contribution in [3.05, 3.63) is 39.9 Å². The third kappa shape index (κ3) is 1.72. The predicted molar refractivity (Wildman–Crippen MR) is 101 cm³/mol. The van der Waals surface area contributed by atoms with Gasteiger partial charge < -0.3 is 0 Å². The van der Waals surface area contributed by atoms with Gasteiger partial charge in [0.05, 0.1) is 33.2 Å². The predicted octanol–water partition coefficient (Wildman–Crippen LogP) is 4.51. The number of rotatable bonds is 1. The molecule has 1 aliphatic heterocycles. The average molecular weight is 471 g/mol. The van der Waals surface area contributed by atoms with Crippen LogP contribution in [0.25, 0.3) is 0 Å². The third-order valence-electron chi connectivity index (χ3n) is 5.17. The van der Waals surface area contributed by atoms with Crippen molar-refractivity contribution in [2.24, 2.45) is 11.8 Å². The first-order valence-electron chi connectivity index (χ1n) is 7.25. The second-order valence-electron chi connectivity index (χ2n) is 6.22. The van der Waals surface area contributed by atoms with Crippen LogP contribution in [0.3, 0.4) is 0 Å². The molecular weight excluding hydrogens is 465 g/mol. The summed E-state index contributed by atoms with van der Waals surface area (Å²) in [5, 5.41) is 8.99. The summed E-state index contributed by atoms with van der Waals surface area (Å²) in [5.41, 5.74) is 0.267. The van der Waals surface area contributed by atoms with E-state index in [0.29, 0.717) is 0 Å². The molecule has 1 saturated heterocycles. The van der Waals surface area contributed by atoms with E-state index in [9.17, 15) is 14.9 Å². The zero-order valence-corrected chi connectivity index (χ0v) is 17.0. The van der Waals surface area contributed by atoms with Gasteiger partial charge in [0.15, 0.2) is 4.33 Å². The second kappa shape index (κ2) is 5.44. The summed E-state index contributed by atoms with van der Waals surface area (Å²) in [6.07, 6.45) is 0. The van der Waals surface area contributed by atoms with Crippen molar-refractivity contribution in [1.29, 1.82) is 5.26 Å². The molecule has 0 aromatic heterocycles. The maximum Gasteiger partial charge on any atom is 0.240 e. The highest BCUT2D eigenvalue weighted by molar-refractivity contribution is 6.67. The molecule has 1 saturated carbocycles. The number of anilines is 1. The molecule has 0 radical (unpaired) electrons. The van der Waals surface area contributed by atoms with Gasteiger partial charge in [-0.25, -0.2) is 4.90 Å². The fourth-order valence-electron chi connectivity index (χ4n) is 4.00. The van der Waals surface area contributed by atoms with Gasteiger partial charge in [-0.05, 0) is 12.1 Å². The van der Waals surface area contributed by atoms with Crippen LogP contribution in [0, 0.1) is 23.2 Å². The quantitative estimate of drug-likeness (QED) is 0.448. The Labute approximate surface area is 178 Å². The first kappa shape index (κ1) is 18.7. The molecule has 4 atom stereocenters. The van der Waals surface area contributed by atoms with Crippen LogP contribution >= 0.6 is 69.6 Å². The number of para-hydroxylation sites is 1. The van der Waals surface area contributed by atoms with Crippen LogP contribution in [0.2, 0.25) is 0 Å². The molecule has 0 spiro atoms. The number of carbonyl (C=O) groups excluding carboxylic acids is 2. The van der Waals surface area contributed by atoms with Gasteiger partial charge in [-0.15, -0.1) is 23.2 Å². The lowest BCUT2D eigenvalue weighted by atomic mass is 9.84. The van der Waals surface area contributed by atoms with Crippen molar-refractivity contribution >= 4 is 87.1 Å². The largest absolute Gasteiger partial charge is 0.274 e. The van der Waals surface area contributed by atoms with Gasteiger partial charge in [-0.1, -0.05) is 58.5 Å². The zero-order chi connectivity index (χ0) is 19.2. The maximum atomic E-state index is 13.2. The van der Waals surface area contributed by atoms with Crippen molar-refractivity contribution in [3.63, 3.8) is 0 Å². The number of alkyl halides is 4. The standard InChI is InChI=1S/C16H6Cl6N2O2/c17-10-11(18)15(20)9-8(14(10,19)16(15,21)22)12(25)24(13(9)26)7-4-2-1-3-6(7)5-23/h1-4,8-9H. The van der Waals surface area contributed by atoms with Crippen molar-refractivity contribution in [3.8, 4) is 6.07 Å². The van der Waals surface area contributed by atoms with Crippen LogP contribution in [0.15, 0.2) is 34.3 Å². The fraction of sp³-hybridized carbons (Fsp3) is 0.312. The van der Waals surface area contributed by atoms with E-state index in [1.807, 2.05) is 6.07 Å². The van der Waals surface area contributed by atoms with Crippen LogP contribution in [0.5, 0.6) is 0 Å². The Kier molecular flexibility index (Phi) is 3.91. The number of nitrogens with zero attached hydrogens (tertiary/aromatic N) is 2. The number of imide groups is 1. The summed E-state index contributed by atoms with van der Waals surface area (Å²) >= 11 is 38.5. The van der Waals surface area contributed by atoms with Gasteiger partial charge in [0.1, 0.15) is 15.8 Å². The van der Waals surface area contributed by atoms with E-state index in [4.69, 9.17) is 69.6 Å². The Balaban J connectivity index is 1.94. The summed E-state index contributed by atoms with van der Waals surface area (Å²) < 4.78 is -1.97. The molecule has 134 valence electrons. The van der Waals surface area contributed by atoms with E-state index in [2.05, 4.69) is 0 Å². The topological polar surface area (TPSA) is 61.2 Å². The molecule has 3 aliphatic rings. The van der Waals surface area contributed by atoms with Gasteiger partial charge in [0.25, 0.3) is 0 Å². The number of benzene rings is 1. The Morgan fingerprint density at radius 1 is 0.923 bits per heavy atom. The van der Waals surface area contributed by atoms with E-state index in [0.717, 1.165) is 4.90 Å². The number of nitriles is 1. The summed E-state index contributed by atoms with van der Waals surface area (Å²) in [4.78, 5) is 23.5. The number of fused-ring (bicyclic) bond motifs is 5. The minimum atomic E-state index is -1.97. The Morgan fingerprint density at radius 3 is 1.85 bits per heavy atom. The SMILES string of the molecule is N#Cc1ccccc1N1C(=O)C2C(C1=O)C1(Cl)C(Cl)=C(Cl)C2(Cl)C1(Cl)Cl. The zero-order valence-electron chi connectivity index (χ0n) is 12.4. The Hall–Kier alpha value is -0.670. The highest BCUT2D eigenvalue weighted by Crippen LogP contribution is 2.77. The molecule has 0 N–H and O–H groups in total. The van der Waals surface area contributed by atoms with E-state index in [-0.39, 0.29) is 21.3 Å². The first-order valence-corrected chi connectivity index (χ1v) is 9.52. The summed E-state index contributed by atoms with van der Waals surface area (Å²) in [6.45, 7) is 0. The third-order valence-corrected chi connectivity index (χ3v) is 9.43. The molecule has 2 fully saturated rings. The molecule has 1 aromatic carbocycles. The van der Waals surface area contributed by atoms with E-state index in [1.54, 1.807) is 12.1 Å². The average Bonchev–Trinajstić information content (AvgIpc) is 2.99. The summed E-state index contributed by atoms with van der Waals surface area (Å²) in [6, 6.07) is 8.11. The highest BCUT2D eigenvalue weighted by atomic mass is 35.5. The van der Waals surface area contributed by atoms with Gasteiger partial charge in [0.2, 0.25) is 11.8 Å². The van der Waals surface area contributed by atoms with Gasteiger partial charge in [-0.3, -0.25) is 9.59 Å². The summed E-state index contributed by atoms with van der Waals surface area (Å²) in [5.74, 6) is -3.81. The summed E-state index contributed by atoms with van der Waals surface area (Å²) in [7, 11) is 0. The first-order chi connectivity index (χ1) is 12.1. The lowest BCUT2D eigenvalue weighted by molar-refractivity contribution is -0.123. The molecule has 4 unspecified atom stereocenters. The van der Waals surface area contributed by atoms with Crippen LogP contribution < -0.4 is 4.90 Å². The van der Waals surface area contributed by atoms with E-state index >= 15 is 0 Å². The van der Waals surface area contributed by atoms with E-state index < -0.39 is 37.7 Å². The molecule has 2 bridgehead atoms. The number of amides is 2. The number of hydrogen-bond acceptors (Lipinski definition) is 3. The maximum absolute atomic E-state index is 13.2. The molecule has 4 rings (SSSR count). The smallest absolute Gasteiger partial charge is 0.240 e. The molecule has 26 heavy (non-hydrogen) atoms. The molecule has 4 nitrogen and oxygen atoms in total. The van der Waals surface area contributed by atoms with Crippen molar-refractivity contribution in [2.45, 2.75) is 14.1 Å². The lowest BCUT2D eigenvalue weighted by Crippen LogP contribution is -2.50. The molecular formula is C16H6Cl6N2O2. The Bertz CT molecular complexity index is 924. The van der Waals surface area contributed by atoms with Crippen LogP contribution in [-0.2, 0) is 9.59 Å². The minimum absolute atomic E-state index is 0.126. The second-order valence-corrected chi connectivity index (χ2v) is 9.50. The van der Waals surface area contributed by atoms with Crippen LogP contribution in [-0.4, -0.2) is 25.9 Å². The lowest BCUT2D eigenvalue weighted by Gasteiger charge is -2.34. The van der Waals surface area contributed by atoms with Crippen LogP contribution in [0.4, 0.5) is 5.69 Å². The molecule has 2 amide bonds. The minimum Gasteiger partial charge on any atom is -0.274 e. The molecule has 1 heterocycles. The van der Waals surface area contributed by atoms with Crippen molar-refractivity contribution in [1.82, 2.24) is 0 Å². The fourth-order valence-corrected chi connectivity index (χ4v) is 6.92. The number of halogens is 6. The number of carbonyl (C=O) groups is 2. The van der Waals surface area contributed by atoms with Crippen LogP contribution in [0.1, 0.15) is 5.56 Å². The van der Waals surface area contributed by atoms with Gasteiger partial charge >= 0.3 is 0 Å². The number of allylic oxidation sites excluding steroid dienone is 2.